The van der Waals surface area contributed by atoms with Crippen LogP contribution in [-0.4, -0.2) is 29.9 Å². The third kappa shape index (κ3) is 11.3. The van der Waals surface area contributed by atoms with Gasteiger partial charge in [-0.25, -0.2) is 15.0 Å². The quantitative estimate of drug-likeness (QED) is 0.134. The number of aromatic nitrogens is 6. The molecule has 12 rings (SSSR count). The SMILES string of the molecule is CC(C)(C)c1ccnc(-c2[c-]cc(-c3ccccc3-c3cc(-c4ccccc4-c4c[c-]c(-c5ccc(-c6nc(C(C)(C)C)nc(C(C)(C)C)n6)cn5)cc4)cc(-c4ccccc4-c4c[c-]c5c(c4)CCc4cccnc4-5)c3)cc2)c1.[Ir+3]. The molecule has 0 bridgehead atoms. The topological polar surface area (TPSA) is 77.3 Å². The molecule has 0 aliphatic heterocycles. The normalized spacial score (nSPS) is 12.3. The Hall–Kier alpha value is -8.35. The Labute approximate surface area is 491 Å². The maximum absolute atomic E-state index is 4.93. The second kappa shape index (κ2) is 21.9. The van der Waals surface area contributed by atoms with Crippen molar-refractivity contribution in [3.63, 3.8) is 0 Å². The summed E-state index contributed by atoms with van der Waals surface area (Å²) in [4.78, 5) is 29.2. The van der Waals surface area contributed by atoms with Crippen LogP contribution in [0.2, 0.25) is 0 Å². The standard InChI is InChI=1S/C74H63N6.Ir/c1-72(2,3)58-38-40-75-67(45-58)50-30-26-48(27-31-50)60-19-11-14-22-63(60)56-42-55(43-57(44-56)64-23-15-12-20-61(64)52-34-36-65-53(41-52)33-32-51-17-16-39-76-68(51)65)62-21-13-10-18-59(62)47-24-28-49(29-25-47)66-37-35-54(46-77-66)69-78-70(73(4,5)6)80-71(79-69)74(7,8)9;/h10-28,30,34-35,37-46H,32-33H2,1-9H3;/q-3;+3. The second-order valence-corrected chi connectivity index (χ2v) is 24.1. The fraction of sp³-hybridized carbons (Fsp3) is 0.189. The minimum absolute atomic E-state index is 0. The van der Waals surface area contributed by atoms with Gasteiger partial charge in [0.25, 0.3) is 0 Å². The molecular weight excluding hydrogens is 1170 g/mol. The summed E-state index contributed by atoms with van der Waals surface area (Å²) in [6, 6.07) is 74.2. The fourth-order valence-electron chi connectivity index (χ4n) is 10.7. The van der Waals surface area contributed by atoms with E-state index in [-0.39, 0.29) is 36.4 Å². The number of aryl methyl sites for hydroxylation is 2. The summed E-state index contributed by atoms with van der Waals surface area (Å²) < 4.78 is 0. The molecule has 0 fully saturated rings. The van der Waals surface area contributed by atoms with E-state index in [4.69, 9.17) is 29.9 Å². The molecule has 0 amide bonds. The molecule has 0 saturated carbocycles. The van der Waals surface area contributed by atoms with E-state index >= 15 is 0 Å². The van der Waals surface area contributed by atoms with Gasteiger partial charge in [0.15, 0.2) is 5.82 Å². The van der Waals surface area contributed by atoms with Gasteiger partial charge in [-0.1, -0.05) is 205 Å². The molecule has 0 radical (unpaired) electrons. The number of benzene rings is 7. The molecule has 0 N–H and O–H groups in total. The Morgan fingerprint density at radius 3 is 1.36 bits per heavy atom. The van der Waals surface area contributed by atoms with Crippen molar-refractivity contribution in [3.8, 4) is 112 Å². The Balaban J connectivity index is 0.00000690. The largest absolute Gasteiger partial charge is 3.00 e. The van der Waals surface area contributed by atoms with E-state index in [1.54, 1.807) is 0 Å². The van der Waals surface area contributed by atoms with Gasteiger partial charge in [-0.05, 0) is 98.2 Å². The van der Waals surface area contributed by atoms with Crippen molar-refractivity contribution >= 4 is 0 Å². The average molecular weight is 1230 g/mol. The van der Waals surface area contributed by atoms with E-state index in [1.165, 1.54) is 16.7 Å². The number of fused-ring (bicyclic) bond motifs is 3. The summed E-state index contributed by atoms with van der Waals surface area (Å²) in [6.07, 6.45) is 7.57. The van der Waals surface area contributed by atoms with Crippen LogP contribution in [0.5, 0.6) is 0 Å². The van der Waals surface area contributed by atoms with Gasteiger partial charge in [0.1, 0.15) is 11.6 Å². The van der Waals surface area contributed by atoms with Crippen LogP contribution in [-0.2, 0) is 49.2 Å². The van der Waals surface area contributed by atoms with Crippen LogP contribution in [0.4, 0.5) is 0 Å². The third-order valence-corrected chi connectivity index (χ3v) is 15.2. The fourth-order valence-corrected chi connectivity index (χ4v) is 10.7. The van der Waals surface area contributed by atoms with E-state index in [0.717, 1.165) is 131 Å². The summed E-state index contributed by atoms with van der Waals surface area (Å²) in [7, 11) is 0. The molecule has 398 valence electrons. The van der Waals surface area contributed by atoms with Gasteiger partial charge >= 0.3 is 20.1 Å². The first-order valence-corrected chi connectivity index (χ1v) is 27.7. The molecule has 1 aliphatic carbocycles. The van der Waals surface area contributed by atoms with Crippen LogP contribution >= 0.6 is 0 Å². The van der Waals surface area contributed by atoms with E-state index < -0.39 is 0 Å². The number of rotatable bonds is 9. The zero-order valence-corrected chi connectivity index (χ0v) is 49.8. The van der Waals surface area contributed by atoms with Gasteiger partial charge < -0.3 is 15.0 Å². The van der Waals surface area contributed by atoms with Crippen LogP contribution < -0.4 is 0 Å². The third-order valence-electron chi connectivity index (χ3n) is 15.2. The number of pyridine rings is 3. The first-order valence-electron chi connectivity index (χ1n) is 27.7. The first-order chi connectivity index (χ1) is 38.5. The van der Waals surface area contributed by atoms with Gasteiger partial charge in [0.2, 0.25) is 0 Å². The Morgan fingerprint density at radius 1 is 0.370 bits per heavy atom. The van der Waals surface area contributed by atoms with Crippen molar-refractivity contribution in [1.82, 2.24) is 29.9 Å². The summed E-state index contributed by atoms with van der Waals surface area (Å²) in [6.45, 7) is 19.5. The molecule has 7 aromatic carbocycles. The van der Waals surface area contributed by atoms with Gasteiger partial charge in [-0.2, -0.15) is 0 Å². The first kappa shape index (κ1) is 54.6. The maximum Gasteiger partial charge on any atom is 3.00 e. The molecule has 1 aliphatic rings. The minimum atomic E-state index is -0.234. The molecule has 7 heteroatoms. The van der Waals surface area contributed by atoms with E-state index in [0.29, 0.717) is 5.82 Å². The van der Waals surface area contributed by atoms with Crippen molar-refractivity contribution < 1.29 is 20.1 Å². The molecular formula is C74H63IrN6. The number of hydrogen-bond acceptors (Lipinski definition) is 6. The van der Waals surface area contributed by atoms with Gasteiger partial charge in [0.05, 0.1) is 0 Å². The van der Waals surface area contributed by atoms with E-state index in [9.17, 15) is 0 Å². The van der Waals surface area contributed by atoms with Crippen molar-refractivity contribution in [2.45, 2.75) is 91.4 Å². The Bertz CT molecular complexity index is 4070. The van der Waals surface area contributed by atoms with Crippen LogP contribution in [0.25, 0.3) is 112 Å². The molecule has 81 heavy (non-hydrogen) atoms. The molecule has 4 heterocycles. The second-order valence-electron chi connectivity index (χ2n) is 24.1. The van der Waals surface area contributed by atoms with Crippen LogP contribution in [0.3, 0.4) is 0 Å². The number of hydrogen-bond donors (Lipinski definition) is 0. The summed E-state index contributed by atoms with van der Waals surface area (Å²) in [5, 5.41) is 0. The number of nitrogens with zero attached hydrogens (tertiary/aromatic N) is 6. The molecule has 4 aromatic heterocycles. The molecule has 0 unspecified atom stereocenters. The maximum atomic E-state index is 4.93. The predicted molar refractivity (Wildman–Crippen MR) is 328 cm³/mol. The molecule has 11 aromatic rings. The average Bonchev–Trinajstić information content (AvgIpc) is 3.56. The zero-order chi connectivity index (χ0) is 55.3. The molecule has 0 spiro atoms. The minimum Gasteiger partial charge on any atom is -0.305 e. The molecule has 0 atom stereocenters. The van der Waals surface area contributed by atoms with Gasteiger partial charge in [-0.15, -0.1) is 89.0 Å². The molecule has 6 nitrogen and oxygen atoms in total. The van der Waals surface area contributed by atoms with Crippen LogP contribution in [0.15, 0.2) is 195 Å². The van der Waals surface area contributed by atoms with Crippen molar-refractivity contribution in [3.05, 3.63) is 241 Å². The zero-order valence-electron chi connectivity index (χ0n) is 47.4. The van der Waals surface area contributed by atoms with Gasteiger partial charge in [-0.3, -0.25) is 0 Å². The van der Waals surface area contributed by atoms with E-state index in [1.807, 2.05) is 36.8 Å². The summed E-state index contributed by atoms with van der Waals surface area (Å²) in [5.41, 5.74) is 23.3. The smallest absolute Gasteiger partial charge is 0.305 e. The summed E-state index contributed by atoms with van der Waals surface area (Å²) in [5.74, 6) is 2.17. The van der Waals surface area contributed by atoms with E-state index in [2.05, 4.69) is 238 Å². The van der Waals surface area contributed by atoms with Gasteiger partial charge in [0, 0.05) is 35.0 Å². The van der Waals surface area contributed by atoms with Crippen molar-refractivity contribution in [2.75, 3.05) is 0 Å². The molecule has 0 saturated heterocycles. The van der Waals surface area contributed by atoms with Crippen LogP contribution in [0, 0.1) is 18.2 Å². The monoisotopic (exact) mass is 1230 g/mol. The predicted octanol–water partition coefficient (Wildman–Crippen LogP) is 18.1. The van der Waals surface area contributed by atoms with Crippen LogP contribution in [0.1, 0.15) is 90.7 Å². The van der Waals surface area contributed by atoms with Crippen molar-refractivity contribution in [1.29, 1.82) is 0 Å². The van der Waals surface area contributed by atoms with Crippen molar-refractivity contribution in [2.24, 2.45) is 0 Å². The Morgan fingerprint density at radius 2 is 0.864 bits per heavy atom. The summed E-state index contributed by atoms with van der Waals surface area (Å²) >= 11 is 0. The Kier molecular flexibility index (Phi) is 14.8.